The molecule has 0 saturated carbocycles. The number of nitrogens with zero attached hydrogens (tertiary/aromatic N) is 1. The van der Waals surface area contributed by atoms with Crippen LogP contribution < -0.4 is 10.5 Å². The summed E-state index contributed by atoms with van der Waals surface area (Å²) < 4.78 is 18.5. The minimum absolute atomic E-state index is 0.309. The molecule has 1 aromatic heterocycles. The number of hydrogen-bond acceptors (Lipinski definition) is 4. The second kappa shape index (κ2) is 6.37. The lowest BCUT2D eigenvalue weighted by Crippen LogP contribution is -2.03. The van der Waals surface area contributed by atoms with Gasteiger partial charge in [0.25, 0.3) is 0 Å². The molecule has 2 rings (SSSR count). The highest BCUT2D eigenvalue weighted by Gasteiger charge is 2.11. The van der Waals surface area contributed by atoms with E-state index in [1.807, 2.05) is 19.1 Å². The number of pyridine rings is 1. The third-order valence-corrected chi connectivity index (χ3v) is 4.63. The van der Waals surface area contributed by atoms with Crippen molar-refractivity contribution in [2.75, 3.05) is 12.8 Å². The molecule has 0 aliphatic rings. The summed E-state index contributed by atoms with van der Waals surface area (Å²) in [7, 11) is 0.363. The number of aromatic nitrogens is 1. The summed E-state index contributed by atoms with van der Waals surface area (Å²) in [5.74, 6) is 1.03. The van der Waals surface area contributed by atoms with Crippen LogP contribution in [0.2, 0.25) is 0 Å². The van der Waals surface area contributed by atoms with E-state index in [2.05, 4.69) is 20.9 Å². The van der Waals surface area contributed by atoms with Gasteiger partial charge in [0.2, 0.25) is 0 Å². The predicted octanol–water partition coefficient (Wildman–Crippen LogP) is 3.05. The zero-order chi connectivity index (χ0) is 14.7. The van der Waals surface area contributed by atoms with Crippen LogP contribution in [0.25, 0.3) is 0 Å². The first-order chi connectivity index (χ1) is 9.49. The normalized spacial score (nSPS) is 12.2. The average molecular weight is 355 g/mol. The number of methoxy groups -OCH3 is 1. The Bertz CT molecular complexity index is 662. The maximum absolute atomic E-state index is 12.4. The molecule has 20 heavy (non-hydrogen) atoms. The van der Waals surface area contributed by atoms with E-state index in [4.69, 9.17) is 10.5 Å². The fourth-order valence-corrected chi connectivity index (χ4v) is 3.33. The highest BCUT2D eigenvalue weighted by atomic mass is 79.9. The number of halogens is 1. The van der Waals surface area contributed by atoms with Crippen LogP contribution in [0.15, 0.2) is 39.7 Å². The Morgan fingerprint density at radius 3 is 2.75 bits per heavy atom. The molecule has 0 fully saturated rings. The standard InChI is InChI=1S/C14H15BrN2O2S/c1-9-5-12(19-2)7-11(17-9)8-20(18)14-4-3-10(15)6-13(14)16/h3-7H,8,16H2,1-2H3. The van der Waals surface area contributed by atoms with Gasteiger partial charge in [-0.25, -0.2) is 0 Å². The van der Waals surface area contributed by atoms with Gasteiger partial charge in [-0.2, -0.15) is 0 Å². The molecule has 4 nitrogen and oxygen atoms in total. The van der Waals surface area contributed by atoms with Crippen molar-refractivity contribution in [1.29, 1.82) is 0 Å². The molecule has 1 aromatic carbocycles. The van der Waals surface area contributed by atoms with E-state index in [0.717, 1.165) is 15.9 Å². The van der Waals surface area contributed by atoms with Crippen molar-refractivity contribution in [2.24, 2.45) is 0 Å². The minimum atomic E-state index is -1.24. The maximum Gasteiger partial charge on any atom is 0.122 e. The summed E-state index contributed by atoms with van der Waals surface area (Å²) in [6.45, 7) is 1.88. The molecule has 0 radical (unpaired) electrons. The lowest BCUT2D eigenvalue weighted by molar-refractivity contribution is 0.413. The van der Waals surface area contributed by atoms with Gasteiger partial charge in [-0.15, -0.1) is 0 Å². The van der Waals surface area contributed by atoms with Gasteiger partial charge in [-0.1, -0.05) is 15.9 Å². The number of benzene rings is 1. The second-order valence-electron chi connectivity index (χ2n) is 4.31. The van der Waals surface area contributed by atoms with Crippen molar-refractivity contribution in [1.82, 2.24) is 4.98 Å². The minimum Gasteiger partial charge on any atom is -0.497 e. The lowest BCUT2D eigenvalue weighted by atomic mass is 10.3. The summed E-state index contributed by atoms with van der Waals surface area (Å²) in [4.78, 5) is 4.99. The van der Waals surface area contributed by atoms with E-state index in [-0.39, 0.29) is 0 Å². The Labute approximate surface area is 128 Å². The first kappa shape index (κ1) is 15.0. The highest BCUT2D eigenvalue weighted by molar-refractivity contribution is 9.10. The number of rotatable bonds is 4. The van der Waals surface area contributed by atoms with Gasteiger partial charge in [0.15, 0.2) is 0 Å². The summed E-state index contributed by atoms with van der Waals surface area (Å²) in [6, 6.07) is 8.97. The molecule has 0 spiro atoms. The summed E-state index contributed by atoms with van der Waals surface area (Å²) >= 11 is 3.33. The molecule has 1 unspecified atom stereocenters. The van der Waals surface area contributed by atoms with Crippen molar-refractivity contribution in [3.05, 3.63) is 46.2 Å². The Morgan fingerprint density at radius 2 is 2.10 bits per heavy atom. The number of hydrogen-bond donors (Lipinski definition) is 1. The third-order valence-electron chi connectivity index (χ3n) is 2.71. The van der Waals surface area contributed by atoms with E-state index < -0.39 is 10.8 Å². The van der Waals surface area contributed by atoms with E-state index >= 15 is 0 Å². The van der Waals surface area contributed by atoms with Crippen LogP contribution in [0, 0.1) is 6.92 Å². The Morgan fingerprint density at radius 1 is 1.35 bits per heavy atom. The lowest BCUT2D eigenvalue weighted by Gasteiger charge is -2.08. The fraction of sp³-hybridized carbons (Fsp3) is 0.214. The van der Waals surface area contributed by atoms with E-state index in [1.54, 1.807) is 25.3 Å². The Hall–Kier alpha value is -1.40. The monoisotopic (exact) mass is 354 g/mol. The molecule has 6 heteroatoms. The van der Waals surface area contributed by atoms with Crippen LogP contribution in [-0.2, 0) is 16.6 Å². The van der Waals surface area contributed by atoms with Gasteiger partial charge < -0.3 is 10.5 Å². The van der Waals surface area contributed by atoms with E-state index in [1.165, 1.54) is 0 Å². The number of ether oxygens (including phenoxy) is 1. The number of anilines is 1. The van der Waals surface area contributed by atoms with Gasteiger partial charge in [-0.05, 0) is 25.1 Å². The molecule has 0 amide bonds. The quantitative estimate of drug-likeness (QED) is 0.857. The SMILES string of the molecule is COc1cc(C)nc(CS(=O)c2ccc(Br)cc2N)c1. The number of nitrogens with two attached hydrogens (primary N) is 1. The van der Waals surface area contributed by atoms with Crippen LogP contribution in [-0.4, -0.2) is 16.3 Å². The van der Waals surface area contributed by atoms with Crippen molar-refractivity contribution in [2.45, 2.75) is 17.6 Å². The fourth-order valence-electron chi connectivity index (χ4n) is 1.83. The Balaban J connectivity index is 2.25. The van der Waals surface area contributed by atoms with Crippen molar-refractivity contribution in [3.63, 3.8) is 0 Å². The molecule has 1 atom stereocenters. The van der Waals surface area contributed by atoms with E-state index in [9.17, 15) is 4.21 Å². The van der Waals surface area contributed by atoms with Crippen molar-refractivity contribution in [3.8, 4) is 5.75 Å². The molecule has 0 saturated heterocycles. The predicted molar refractivity (Wildman–Crippen MR) is 84.2 cm³/mol. The summed E-state index contributed by atoms with van der Waals surface area (Å²) in [5.41, 5.74) is 7.96. The molecule has 0 bridgehead atoms. The zero-order valence-electron chi connectivity index (χ0n) is 11.2. The zero-order valence-corrected chi connectivity index (χ0v) is 13.6. The van der Waals surface area contributed by atoms with Crippen molar-refractivity contribution >= 4 is 32.4 Å². The summed E-state index contributed by atoms with van der Waals surface area (Å²) in [6.07, 6.45) is 0. The molecule has 2 aromatic rings. The van der Waals surface area contributed by atoms with Crippen LogP contribution >= 0.6 is 15.9 Å². The van der Waals surface area contributed by atoms with Crippen LogP contribution in [0.1, 0.15) is 11.4 Å². The van der Waals surface area contributed by atoms with Gasteiger partial charge in [-0.3, -0.25) is 9.19 Å². The maximum atomic E-state index is 12.4. The molecule has 1 heterocycles. The van der Waals surface area contributed by atoms with Crippen molar-refractivity contribution < 1.29 is 8.95 Å². The molecular formula is C14H15BrN2O2S. The largest absolute Gasteiger partial charge is 0.497 e. The Kier molecular flexibility index (Phi) is 4.77. The van der Waals surface area contributed by atoms with Crippen LogP contribution in [0.3, 0.4) is 0 Å². The van der Waals surface area contributed by atoms with Gasteiger partial charge in [0, 0.05) is 28.0 Å². The highest BCUT2D eigenvalue weighted by Crippen LogP contribution is 2.24. The van der Waals surface area contributed by atoms with E-state index in [0.29, 0.717) is 22.1 Å². The molecule has 2 N–H and O–H groups in total. The first-order valence-electron chi connectivity index (χ1n) is 5.94. The topological polar surface area (TPSA) is 65.2 Å². The van der Waals surface area contributed by atoms with Crippen LogP contribution in [0.4, 0.5) is 5.69 Å². The molecule has 106 valence electrons. The molecule has 0 aliphatic heterocycles. The second-order valence-corrected chi connectivity index (χ2v) is 6.65. The smallest absolute Gasteiger partial charge is 0.122 e. The molecular weight excluding hydrogens is 340 g/mol. The number of nitrogen functional groups attached to an aromatic ring is 1. The average Bonchev–Trinajstić information content (AvgIpc) is 2.37. The van der Waals surface area contributed by atoms with Gasteiger partial charge in [0.05, 0.1) is 34.3 Å². The number of aryl methyl sites for hydroxylation is 1. The van der Waals surface area contributed by atoms with Gasteiger partial charge >= 0.3 is 0 Å². The third kappa shape index (κ3) is 3.58. The van der Waals surface area contributed by atoms with Crippen LogP contribution in [0.5, 0.6) is 5.75 Å². The molecule has 0 aliphatic carbocycles. The summed E-state index contributed by atoms with van der Waals surface area (Å²) in [5, 5.41) is 0. The first-order valence-corrected chi connectivity index (χ1v) is 8.05. The van der Waals surface area contributed by atoms with Gasteiger partial charge in [0.1, 0.15) is 5.75 Å².